The molecule has 0 fully saturated rings. The van der Waals surface area contributed by atoms with Gasteiger partial charge in [0.15, 0.2) is 0 Å². The Morgan fingerprint density at radius 1 is 1.32 bits per heavy atom. The van der Waals surface area contributed by atoms with Crippen molar-refractivity contribution in [3.05, 3.63) is 69.0 Å². The zero-order valence-corrected chi connectivity index (χ0v) is 12.5. The summed E-state index contributed by atoms with van der Waals surface area (Å²) in [6.07, 6.45) is 1.85. The van der Waals surface area contributed by atoms with Gasteiger partial charge >= 0.3 is 0 Å². The largest absolute Gasteiger partial charge is 0.469 e. The third-order valence-corrected chi connectivity index (χ3v) is 3.37. The highest BCUT2D eigenvalue weighted by molar-refractivity contribution is 6.30. The molecule has 0 aliphatic carbocycles. The maximum Gasteiger partial charge on any atom is 0.274 e. The van der Waals surface area contributed by atoms with Crippen LogP contribution in [0.1, 0.15) is 17.0 Å². The highest BCUT2D eigenvalue weighted by Crippen LogP contribution is 2.22. The molecule has 0 spiro atoms. The fourth-order valence-corrected chi connectivity index (χ4v) is 2.14. The summed E-state index contributed by atoms with van der Waals surface area (Å²) >= 11 is 5.96. The molecule has 22 heavy (non-hydrogen) atoms. The number of hydrogen-bond acceptors (Lipinski definition) is 5. The Kier molecular flexibility index (Phi) is 3.93. The van der Waals surface area contributed by atoms with E-state index in [2.05, 4.69) is 20.5 Å². The smallest absolute Gasteiger partial charge is 0.274 e. The number of nitrogens with zero attached hydrogens (tertiary/aromatic N) is 2. The van der Waals surface area contributed by atoms with E-state index < -0.39 is 0 Å². The lowest BCUT2D eigenvalue weighted by Gasteiger charge is -2.08. The molecule has 3 aromatic rings. The second-order valence-corrected chi connectivity index (χ2v) is 5.23. The van der Waals surface area contributed by atoms with Crippen LogP contribution in [-0.4, -0.2) is 15.2 Å². The van der Waals surface area contributed by atoms with Crippen molar-refractivity contribution in [2.45, 2.75) is 13.3 Å². The normalized spacial score (nSPS) is 10.6. The lowest BCUT2D eigenvalue weighted by atomic mass is 10.2. The molecule has 2 aromatic heterocycles. The van der Waals surface area contributed by atoms with Crippen LogP contribution in [0.3, 0.4) is 0 Å². The summed E-state index contributed by atoms with van der Waals surface area (Å²) < 4.78 is 5.20. The molecule has 2 heterocycles. The minimum Gasteiger partial charge on any atom is -0.469 e. The minimum absolute atomic E-state index is 0.263. The van der Waals surface area contributed by atoms with Crippen molar-refractivity contribution < 1.29 is 4.42 Å². The van der Waals surface area contributed by atoms with Crippen LogP contribution in [0.25, 0.3) is 0 Å². The van der Waals surface area contributed by atoms with Crippen LogP contribution in [0, 0.1) is 6.92 Å². The Bertz CT molecular complexity index is 843. The molecule has 0 bridgehead atoms. The summed E-state index contributed by atoms with van der Waals surface area (Å²) in [5.41, 5.74) is 1.72. The van der Waals surface area contributed by atoms with Crippen LogP contribution in [0.5, 0.6) is 0 Å². The first-order valence-electron chi connectivity index (χ1n) is 6.63. The number of rotatable bonds is 4. The van der Waals surface area contributed by atoms with Gasteiger partial charge in [0.1, 0.15) is 11.5 Å². The molecule has 2 N–H and O–H groups in total. The average molecular weight is 317 g/mol. The molecule has 7 heteroatoms. The van der Waals surface area contributed by atoms with Gasteiger partial charge in [-0.2, -0.15) is 0 Å². The van der Waals surface area contributed by atoms with Crippen molar-refractivity contribution in [3.63, 3.8) is 0 Å². The molecule has 0 saturated carbocycles. The Morgan fingerprint density at radius 3 is 2.91 bits per heavy atom. The SMILES string of the molecule is Cc1ccc(Cl)cc1Nc1nnc(Cc2ccco2)c(=O)[nH]1. The van der Waals surface area contributed by atoms with Crippen LogP contribution in [0.4, 0.5) is 11.6 Å². The van der Waals surface area contributed by atoms with E-state index in [0.29, 0.717) is 22.9 Å². The first kappa shape index (κ1) is 14.3. The average Bonchev–Trinajstić information content (AvgIpc) is 2.99. The Labute approximate surface area is 131 Å². The summed E-state index contributed by atoms with van der Waals surface area (Å²) in [5, 5.41) is 11.5. The third kappa shape index (κ3) is 3.17. The quantitative estimate of drug-likeness (QED) is 0.773. The van der Waals surface area contributed by atoms with Crippen LogP contribution in [0.2, 0.25) is 5.02 Å². The van der Waals surface area contributed by atoms with Gasteiger partial charge in [0.25, 0.3) is 5.56 Å². The van der Waals surface area contributed by atoms with Gasteiger partial charge in [-0.1, -0.05) is 17.7 Å². The van der Waals surface area contributed by atoms with Crippen LogP contribution >= 0.6 is 11.6 Å². The number of hydrogen-bond donors (Lipinski definition) is 2. The van der Waals surface area contributed by atoms with Crippen LogP contribution < -0.4 is 10.9 Å². The first-order chi connectivity index (χ1) is 10.6. The molecule has 0 aliphatic heterocycles. The van der Waals surface area contributed by atoms with Crippen LogP contribution in [-0.2, 0) is 6.42 Å². The summed E-state index contributed by atoms with van der Waals surface area (Å²) in [6, 6.07) is 8.97. The highest BCUT2D eigenvalue weighted by Gasteiger charge is 2.08. The maximum absolute atomic E-state index is 12.0. The molecule has 1 aromatic carbocycles. The zero-order chi connectivity index (χ0) is 15.5. The Hall–Kier alpha value is -2.60. The highest BCUT2D eigenvalue weighted by atomic mass is 35.5. The van der Waals surface area contributed by atoms with Crippen molar-refractivity contribution in [1.82, 2.24) is 15.2 Å². The van der Waals surface area contributed by atoms with Crippen molar-refractivity contribution in [3.8, 4) is 0 Å². The van der Waals surface area contributed by atoms with Gasteiger partial charge in [-0.3, -0.25) is 9.78 Å². The lowest BCUT2D eigenvalue weighted by Crippen LogP contribution is -2.18. The molecule has 112 valence electrons. The van der Waals surface area contributed by atoms with Gasteiger partial charge in [-0.25, -0.2) is 0 Å². The Balaban J connectivity index is 1.83. The summed E-state index contributed by atoms with van der Waals surface area (Å²) in [6.45, 7) is 1.93. The number of halogens is 1. The fourth-order valence-electron chi connectivity index (χ4n) is 1.97. The summed E-state index contributed by atoms with van der Waals surface area (Å²) in [5.74, 6) is 0.921. The lowest BCUT2D eigenvalue weighted by molar-refractivity contribution is 0.517. The Morgan fingerprint density at radius 2 is 2.18 bits per heavy atom. The first-order valence-corrected chi connectivity index (χ1v) is 7.01. The molecule has 0 saturated heterocycles. The van der Waals surface area contributed by atoms with Crippen molar-refractivity contribution in [2.75, 3.05) is 5.32 Å². The standard InChI is InChI=1S/C15H13ClN4O2/c1-9-4-5-10(16)7-12(9)17-15-18-14(21)13(19-20-15)8-11-3-2-6-22-11/h2-7H,8H2,1H3,(H2,17,18,20,21). The number of furan rings is 1. The molecule has 0 atom stereocenters. The van der Waals surface area contributed by atoms with Gasteiger partial charge in [-0.05, 0) is 36.8 Å². The predicted molar refractivity (Wildman–Crippen MR) is 83.6 cm³/mol. The summed E-state index contributed by atoms with van der Waals surface area (Å²) in [4.78, 5) is 14.7. The number of anilines is 2. The van der Waals surface area contributed by atoms with Gasteiger partial charge in [-0.15, -0.1) is 10.2 Å². The molecule has 3 rings (SSSR count). The molecular weight excluding hydrogens is 304 g/mol. The van der Waals surface area contributed by atoms with E-state index in [4.69, 9.17) is 16.0 Å². The monoisotopic (exact) mass is 316 g/mol. The van der Waals surface area contributed by atoms with E-state index in [9.17, 15) is 4.79 Å². The second-order valence-electron chi connectivity index (χ2n) is 4.79. The minimum atomic E-state index is -0.311. The van der Waals surface area contributed by atoms with Gasteiger partial charge in [0.2, 0.25) is 5.95 Å². The van der Waals surface area contributed by atoms with Crippen molar-refractivity contribution in [2.24, 2.45) is 0 Å². The predicted octanol–water partition coefficient (Wildman–Crippen LogP) is 3.05. The number of aromatic nitrogens is 3. The van der Waals surface area contributed by atoms with Crippen LogP contribution in [0.15, 0.2) is 45.8 Å². The third-order valence-electron chi connectivity index (χ3n) is 3.14. The van der Waals surface area contributed by atoms with E-state index >= 15 is 0 Å². The molecule has 6 nitrogen and oxygen atoms in total. The number of nitrogens with one attached hydrogen (secondary N) is 2. The maximum atomic E-state index is 12.0. The second kappa shape index (κ2) is 6.03. The zero-order valence-electron chi connectivity index (χ0n) is 11.8. The van der Waals surface area contributed by atoms with E-state index in [1.54, 1.807) is 30.5 Å². The van der Waals surface area contributed by atoms with E-state index in [0.717, 1.165) is 11.3 Å². The van der Waals surface area contributed by atoms with E-state index in [-0.39, 0.29) is 11.5 Å². The topological polar surface area (TPSA) is 83.8 Å². The summed E-state index contributed by atoms with van der Waals surface area (Å²) in [7, 11) is 0. The number of aromatic amines is 1. The van der Waals surface area contributed by atoms with Crippen molar-refractivity contribution >= 4 is 23.2 Å². The molecule has 0 radical (unpaired) electrons. The fraction of sp³-hybridized carbons (Fsp3) is 0.133. The number of H-pyrrole nitrogens is 1. The van der Waals surface area contributed by atoms with Gasteiger partial charge < -0.3 is 9.73 Å². The van der Waals surface area contributed by atoms with Gasteiger partial charge in [0.05, 0.1) is 12.7 Å². The molecular formula is C15H13ClN4O2. The van der Waals surface area contributed by atoms with E-state index in [1.807, 2.05) is 13.0 Å². The molecule has 0 aliphatic rings. The number of aryl methyl sites for hydroxylation is 1. The van der Waals surface area contributed by atoms with E-state index in [1.165, 1.54) is 0 Å². The van der Waals surface area contributed by atoms with Crippen molar-refractivity contribution in [1.29, 1.82) is 0 Å². The number of benzene rings is 1. The molecule has 0 unspecified atom stereocenters. The van der Waals surface area contributed by atoms with Gasteiger partial charge in [0, 0.05) is 10.7 Å². The molecule has 0 amide bonds.